The quantitative estimate of drug-likeness (QED) is 0.605. The summed E-state index contributed by atoms with van der Waals surface area (Å²) < 4.78 is 11.0. The molecule has 0 aliphatic carbocycles. The molecule has 0 aliphatic rings. The van der Waals surface area contributed by atoms with Crippen LogP contribution in [0.5, 0.6) is 5.75 Å². The van der Waals surface area contributed by atoms with E-state index in [4.69, 9.17) is 20.8 Å². The van der Waals surface area contributed by atoms with Gasteiger partial charge in [0.05, 0.1) is 5.75 Å². The van der Waals surface area contributed by atoms with Crippen LogP contribution in [0.1, 0.15) is 11.5 Å². The molecule has 0 saturated heterocycles. The van der Waals surface area contributed by atoms with Gasteiger partial charge in [-0.3, -0.25) is 4.79 Å². The fourth-order valence-electron chi connectivity index (χ4n) is 2.07. The maximum Gasteiger partial charge on any atom is 0.277 e. The Morgan fingerprint density at radius 3 is 2.81 bits per heavy atom. The summed E-state index contributed by atoms with van der Waals surface area (Å²) in [6.45, 7) is 2.02. The minimum absolute atomic E-state index is 0.146. The largest absolute Gasteiger partial charge is 0.484 e. The first-order valence-electron chi connectivity index (χ1n) is 7.80. The fourth-order valence-corrected chi connectivity index (χ4v) is 2.83. The second-order valence-electron chi connectivity index (χ2n) is 5.31. The van der Waals surface area contributed by atoms with E-state index in [0.717, 1.165) is 23.1 Å². The van der Waals surface area contributed by atoms with Crippen LogP contribution in [0.15, 0.2) is 58.2 Å². The van der Waals surface area contributed by atoms with Gasteiger partial charge >= 0.3 is 0 Å². The number of nitrogens with one attached hydrogen (secondary N) is 1. The number of para-hydroxylation sites is 1. The van der Waals surface area contributed by atoms with Crippen molar-refractivity contribution in [2.75, 3.05) is 11.1 Å². The van der Waals surface area contributed by atoms with E-state index >= 15 is 0 Å². The van der Waals surface area contributed by atoms with E-state index < -0.39 is 0 Å². The summed E-state index contributed by atoms with van der Waals surface area (Å²) in [6.07, 6.45) is 0. The van der Waals surface area contributed by atoms with Gasteiger partial charge in [-0.2, -0.15) is 0 Å². The molecule has 134 valence electrons. The number of ether oxygens (including phenoxy) is 1. The van der Waals surface area contributed by atoms with Crippen LogP contribution in [0.2, 0.25) is 5.02 Å². The average Bonchev–Trinajstić information content (AvgIpc) is 3.11. The third-order valence-corrected chi connectivity index (χ3v) is 4.65. The second-order valence-corrected chi connectivity index (χ2v) is 6.65. The van der Waals surface area contributed by atoms with Gasteiger partial charge in [-0.25, -0.2) is 0 Å². The number of benzene rings is 2. The van der Waals surface area contributed by atoms with Gasteiger partial charge in [0.1, 0.15) is 5.75 Å². The third-order valence-electron chi connectivity index (χ3n) is 3.42. The molecule has 0 aliphatic heterocycles. The summed E-state index contributed by atoms with van der Waals surface area (Å²) in [5, 5.41) is 11.5. The molecule has 3 rings (SSSR count). The van der Waals surface area contributed by atoms with Gasteiger partial charge < -0.3 is 14.5 Å². The standard InChI is InChI=1S/C18H16ClN3O3S/c1-12-14(19)8-5-9-15(12)20-16(23)11-26-18-22-21-17(25-18)10-24-13-6-3-2-4-7-13/h2-9H,10-11H2,1H3,(H,20,23). The number of anilines is 1. The first-order valence-corrected chi connectivity index (χ1v) is 9.16. The van der Waals surface area contributed by atoms with Crippen LogP contribution < -0.4 is 10.1 Å². The highest BCUT2D eigenvalue weighted by atomic mass is 35.5. The van der Waals surface area contributed by atoms with Gasteiger partial charge in [-0.05, 0) is 36.8 Å². The monoisotopic (exact) mass is 389 g/mol. The van der Waals surface area contributed by atoms with Gasteiger partial charge in [0.2, 0.25) is 5.91 Å². The molecule has 6 nitrogen and oxygen atoms in total. The maximum absolute atomic E-state index is 12.1. The zero-order chi connectivity index (χ0) is 18.4. The molecule has 1 heterocycles. The molecular formula is C18H16ClN3O3S. The number of hydrogen-bond acceptors (Lipinski definition) is 6. The number of halogens is 1. The molecule has 0 bridgehead atoms. The van der Waals surface area contributed by atoms with Crippen LogP contribution in [0.25, 0.3) is 0 Å². The Morgan fingerprint density at radius 2 is 2.00 bits per heavy atom. The summed E-state index contributed by atoms with van der Waals surface area (Å²) >= 11 is 7.20. The smallest absolute Gasteiger partial charge is 0.277 e. The van der Waals surface area contributed by atoms with Crippen LogP contribution in [0.4, 0.5) is 5.69 Å². The SMILES string of the molecule is Cc1c(Cl)cccc1NC(=O)CSc1nnc(COc2ccccc2)o1. The van der Waals surface area contributed by atoms with Crippen molar-refractivity contribution < 1.29 is 13.9 Å². The first kappa shape index (κ1) is 18.3. The predicted octanol–water partition coefficient (Wildman–Crippen LogP) is 4.34. The van der Waals surface area contributed by atoms with E-state index in [1.807, 2.05) is 37.3 Å². The Labute approximate surface area is 159 Å². The van der Waals surface area contributed by atoms with Crippen molar-refractivity contribution in [3.63, 3.8) is 0 Å². The minimum Gasteiger partial charge on any atom is -0.484 e. The number of aromatic nitrogens is 2. The van der Waals surface area contributed by atoms with Crippen molar-refractivity contribution in [1.82, 2.24) is 10.2 Å². The van der Waals surface area contributed by atoms with Crippen LogP contribution >= 0.6 is 23.4 Å². The van der Waals surface area contributed by atoms with Crippen molar-refractivity contribution in [2.24, 2.45) is 0 Å². The van der Waals surface area contributed by atoms with Gasteiger partial charge in [0, 0.05) is 10.7 Å². The summed E-state index contributed by atoms with van der Waals surface area (Å²) in [7, 11) is 0. The molecule has 0 fully saturated rings. The van der Waals surface area contributed by atoms with Crippen LogP contribution in [0, 0.1) is 6.92 Å². The molecule has 1 amide bonds. The lowest BCUT2D eigenvalue weighted by molar-refractivity contribution is -0.113. The minimum atomic E-state index is -0.180. The molecule has 0 radical (unpaired) electrons. The van der Waals surface area contributed by atoms with Gasteiger partial charge in [0.15, 0.2) is 6.61 Å². The number of rotatable bonds is 7. The van der Waals surface area contributed by atoms with E-state index in [1.165, 1.54) is 0 Å². The molecule has 2 aromatic carbocycles. The number of amides is 1. The summed E-state index contributed by atoms with van der Waals surface area (Å²) in [6, 6.07) is 14.7. The number of carbonyl (C=O) groups excluding carboxylic acids is 1. The number of thioether (sulfide) groups is 1. The van der Waals surface area contributed by atoms with Crippen molar-refractivity contribution >= 4 is 35.0 Å². The van der Waals surface area contributed by atoms with Crippen LogP contribution in [-0.2, 0) is 11.4 Å². The Kier molecular flexibility index (Phi) is 6.14. The van der Waals surface area contributed by atoms with E-state index in [-0.39, 0.29) is 18.3 Å². The molecule has 0 atom stereocenters. The first-order chi connectivity index (χ1) is 12.6. The van der Waals surface area contributed by atoms with Crippen LogP contribution in [0.3, 0.4) is 0 Å². The molecule has 0 spiro atoms. The van der Waals surface area contributed by atoms with E-state index in [1.54, 1.807) is 18.2 Å². The average molecular weight is 390 g/mol. The lowest BCUT2D eigenvalue weighted by Crippen LogP contribution is -2.14. The molecule has 0 saturated carbocycles. The molecule has 0 unspecified atom stereocenters. The maximum atomic E-state index is 12.1. The van der Waals surface area contributed by atoms with E-state index in [2.05, 4.69) is 15.5 Å². The normalized spacial score (nSPS) is 10.5. The van der Waals surface area contributed by atoms with Crippen molar-refractivity contribution in [2.45, 2.75) is 18.8 Å². The molecule has 1 aromatic heterocycles. The Bertz CT molecular complexity index is 886. The fraction of sp³-hybridized carbons (Fsp3) is 0.167. The highest BCUT2D eigenvalue weighted by Crippen LogP contribution is 2.24. The predicted molar refractivity (Wildman–Crippen MR) is 101 cm³/mol. The second kappa shape index (κ2) is 8.73. The topological polar surface area (TPSA) is 77.2 Å². The molecular weight excluding hydrogens is 374 g/mol. The number of hydrogen-bond donors (Lipinski definition) is 1. The zero-order valence-electron chi connectivity index (χ0n) is 13.9. The van der Waals surface area contributed by atoms with Crippen molar-refractivity contribution in [3.8, 4) is 5.75 Å². The Balaban J connectivity index is 1.48. The number of nitrogens with zero attached hydrogens (tertiary/aromatic N) is 2. The van der Waals surface area contributed by atoms with Crippen LogP contribution in [-0.4, -0.2) is 21.9 Å². The molecule has 1 N–H and O–H groups in total. The highest BCUT2D eigenvalue weighted by molar-refractivity contribution is 7.99. The van der Waals surface area contributed by atoms with Gasteiger partial charge in [0.25, 0.3) is 11.1 Å². The third kappa shape index (κ3) is 5.00. The Hall–Kier alpha value is -2.51. The molecule has 8 heteroatoms. The summed E-state index contributed by atoms with van der Waals surface area (Å²) in [5.74, 6) is 1.03. The summed E-state index contributed by atoms with van der Waals surface area (Å²) in [4.78, 5) is 12.1. The lowest BCUT2D eigenvalue weighted by Gasteiger charge is -2.08. The number of carbonyl (C=O) groups is 1. The lowest BCUT2D eigenvalue weighted by atomic mass is 10.2. The van der Waals surface area contributed by atoms with Gasteiger partial charge in [-0.15, -0.1) is 10.2 Å². The van der Waals surface area contributed by atoms with Crippen molar-refractivity contribution in [3.05, 3.63) is 65.0 Å². The summed E-state index contributed by atoms with van der Waals surface area (Å²) in [5.41, 5.74) is 1.51. The van der Waals surface area contributed by atoms with Crippen molar-refractivity contribution in [1.29, 1.82) is 0 Å². The van der Waals surface area contributed by atoms with E-state index in [0.29, 0.717) is 21.8 Å². The zero-order valence-corrected chi connectivity index (χ0v) is 15.5. The van der Waals surface area contributed by atoms with E-state index in [9.17, 15) is 4.79 Å². The molecule has 3 aromatic rings. The highest BCUT2D eigenvalue weighted by Gasteiger charge is 2.12. The van der Waals surface area contributed by atoms with Gasteiger partial charge in [-0.1, -0.05) is 47.6 Å². The Morgan fingerprint density at radius 1 is 1.19 bits per heavy atom. The molecule has 26 heavy (non-hydrogen) atoms.